The highest BCUT2D eigenvalue weighted by atomic mass is 32.2. The highest BCUT2D eigenvalue weighted by molar-refractivity contribution is 7.89. The van der Waals surface area contributed by atoms with E-state index in [1.807, 2.05) is 60.7 Å². The lowest BCUT2D eigenvalue weighted by molar-refractivity contribution is 0.287. The van der Waals surface area contributed by atoms with Gasteiger partial charge in [-0.25, -0.2) is 13.4 Å². The minimum Gasteiger partial charge on any atom is -0.396 e. The van der Waals surface area contributed by atoms with Gasteiger partial charge in [0.1, 0.15) is 0 Å². The Kier molecular flexibility index (Phi) is 6.39. The van der Waals surface area contributed by atoms with Crippen LogP contribution in [-0.4, -0.2) is 34.4 Å². The SMILES string of the molecule is O=S(=O)(c1nc[nH]c1CCCO)N(Cc1ccccc1)Cc1ccccc1. The number of imidazole rings is 1. The van der Waals surface area contributed by atoms with Crippen molar-refractivity contribution in [3.05, 3.63) is 83.8 Å². The molecule has 0 aliphatic carbocycles. The predicted molar refractivity (Wildman–Crippen MR) is 103 cm³/mol. The molecule has 0 bridgehead atoms. The average Bonchev–Trinajstić information content (AvgIpc) is 3.17. The van der Waals surface area contributed by atoms with Crippen LogP contribution in [0.2, 0.25) is 0 Å². The van der Waals surface area contributed by atoms with E-state index in [1.54, 1.807) is 0 Å². The molecule has 1 heterocycles. The van der Waals surface area contributed by atoms with Crippen molar-refractivity contribution < 1.29 is 13.5 Å². The van der Waals surface area contributed by atoms with Crippen LogP contribution in [0.4, 0.5) is 0 Å². The largest absolute Gasteiger partial charge is 0.396 e. The summed E-state index contributed by atoms with van der Waals surface area (Å²) in [7, 11) is -3.81. The number of aryl methyl sites for hydroxylation is 1. The number of sulfonamides is 1. The summed E-state index contributed by atoms with van der Waals surface area (Å²) >= 11 is 0. The number of hydrogen-bond acceptors (Lipinski definition) is 4. The molecule has 2 N–H and O–H groups in total. The van der Waals surface area contributed by atoms with E-state index in [1.165, 1.54) is 10.6 Å². The first-order valence-electron chi connectivity index (χ1n) is 8.82. The summed E-state index contributed by atoms with van der Waals surface area (Å²) in [5.41, 5.74) is 2.34. The second-order valence-electron chi connectivity index (χ2n) is 6.26. The fourth-order valence-corrected chi connectivity index (χ4v) is 4.43. The van der Waals surface area contributed by atoms with Gasteiger partial charge in [-0.15, -0.1) is 0 Å². The van der Waals surface area contributed by atoms with Crippen LogP contribution in [0.15, 0.2) is 72.0 Å². The first-order chi connectivity index (χ1) is 13.1. The third kappa shape index (κ3) is 4.82. The molecular formula is C20H23N3O3S. The van der Waals surface area contributed by atoms with Crippen molar-refractivity contribution in [2.24, 2.45) is 0 Å². The van der Waals surface area contributed by atoms with Gasteiger partial charge < -0.3 is 10.1 Å². The molecule has 3 aromatic rings. The fourth-order valence-electron chi connectivity index (χ4n) is 2.89. The number of nitrogens with one attached hydrogen (secondary N) is 1. The normalized spacial score (nSPS) is 11.8. The van der Waals surface area contributed by atoms with Crippen LogP contribution in [0.1, 0.15) is 23.2 Å². The Morgan fingerprint density at radius 1 is 0.926 bits per heavy atom. The molecule has 7 heteroatoms. The fraction of sp³-hybridized carbons (Fsp3) is 0.250. The molecule has 27 heavy (non-hydrogen) atoms. The van der Waals surface area contributed by atoms with Gasteiger partial charge in [-0.3, -0.25) is 0 Å². The Morgan fingerprint density at radius 2 is 1.48 bits per heavy atom. The number of aromatic nitrogens is 2. The van der Waals surface area contributed by atoms with E-state index in [0.29, 0.717) is 18.5 Å². The molecule has 0 atom stereocenters. The number of aliphatic hydroxyl groups is 1. The number of rotatable bonds is 9. The molecule has 2 aromatic carbocycles. The second-order valence-corrected chi connectivity index (χ2v) is 8.11. The first-order valence-corrected chi connectivity index (χ1v) is 10.3. The summed E-state index contributed by atoms with van der Waals surface area (Å²) in [5, 5.41) is 9.09. The van der Waals surface area contributed by atoms with Gasteiger partial charge in [-0.05, 0) is 24.0 Å². The Morgan fingerprint density at radius 3 is 2.00 bits per heavy atom. The van der Waals surface area contributed by atoms with Crippen LogP contribution in [0.5, 0.6) is 0 Å². The zero-order chi connectivity index (χ0) is 19.1. The van der Waals surface area contributed by atoms with E-state index in [2.05, 4.69) is 9.97 Å². The van der Waals surface area contributed by atoms with Crippen molar-refractivity contribution in [2.45, 2.75) is 31.0 Å². The van der Waals surface area contributed by atoms with Gasteiger partial charge in [0.15, 0.2) is 5.03 Å². The van der Waals surface area contributed by atoms with E-state index >= 15 is 0 Å². The highest BCUT2D eigenvalue weighted by Gasteiger charge is 2.29. The van der Waals surface area contributed by atoms with Crippen LogP contribution in [0.25, 0.3) is 0 Å². The van der Waals surface area contributed by atoms with Gasteiger partial charge in [-0.1, -0.05) is 60.7 Å². The molecule has 0 aliphatic heterocycles. The third-order valence-corrected chi connectivity index (χ3v) is 6.03. The van der Waals surface area contributed by atoms with Gasteiger partial charge in [0.25, 0.3) is 10.0 Å². The smallest absolute Gasteiger partial charge is 0.262 e. The molecule has 0 amide bonds. The number of benzene rings is 2. The van der Waals surface area contributed by atoms with Crippen molar-refractivity contribution in [1.82, 2.24) is 14.3 Å². The number of aliphatic hydroxyl groups excluding tert-OH is 1. The third-order valence-electron chi connectivity index (χ3n) is 4.25. The van der Waals surface area contributed by atoms with E-state index in [4.69, 9.17) is 5.11 Å². The zero-order valence-electron chi connectivity index (χ0n) is 15.0. The van der Waals surface area contributed by atoms with E-state index in [0.717, 1.165) is 11.1 Å². The van der Waals surface area contributed by atoms with Gasteiger partial charge in [-0.2, -0.15) is 4.31 Å². The zero-order valence-corrected chi connectivity index (χ0v) is 15.8. The molecule has 0 saturated carbocycles. The van der Waals surface area contributed by atoms with Crippen molar-refractivity contribution >= 4 is 10.0 Å². The Balaban J connectivity index is 1.94. The molecular weight excluding hydrogens is 362 g/mol. The van der Waals surface area contributed by atoms with Crippen LogP contribution < -0.4 is 0 Å². The van der Waals surface area contributed by atoms with Gasteiger partial charge in [0, 0.05) is 19.7 Å². The molecule has 1 aromatic heterocycles. The average molecular weight is 385 g/mol. The monoisotopic (exact) mass is 385 g/mol. The maximum absolute atomic E-state index is 13.4. The lowest BCUT2D eigenvalue weighted by Gasteiger charge is -2.22. The Bertz CT molecular complexity index is 899. The van der Waals surface area contributed by atoms with Crippen LogP contribution >= 0.6 is 0 Å². The van der Waals surface area contributed by atoms with Gasteiger partial charge in [0.2, 0.25) is 0 Å². The summed E-state index contributed by atoms with van der Waals surface area (Å²) in [6.45, 7) is 0.505. The maximum Gasteiger partial charge on any atom is 0.262 e. The molecule has 3 rings (SSSR count). The number of nitrogens with zero attached hydrogens (tertiary/aromatic N) is 2. The lowest BCUT2D eigenvalue weighted by Crippen LogP contribution is -2.31. The summed E-state index contributed by atoms with van der Waals surface area (Å²) in [5.74, 6) is 0. The Labute approximate surface area is 159 Å². The molecule has 0 saturated heterocycles. The molecule has 0 fully saturated rings. The van der Waals surface area contributed by atoms with Crippen molar-refractivity contribution in [2.75, 3.05) is 6.61 Å². The van der Waals surface area contributed by atoms with Crippen LogP contribution in [0, 0.1) is 0 Å². The molecule has 0 aliphatic rings. The summed E-state index contributed by atoms with van der Waals surface area (Å²) in [6, 6.07) is 19.0. The van der Waals surface area contributed by atoms with Crippen molar-refractivity contribution in [3.63, 3.8) is 0 Å². The molecule has 6 nitrogen and oxygen atoms in total. The minimum absolute atomic E-state index is 0.00372. The minimum atomic E-state index is -3.81. The highest BCUT2D eigenvalue weighted by Crippen LogP contribution is 2.22. The lowest BCUT2D eigenvalue weighted by atomic mass is 10.2. The number of hydrogen-bond donors (Lipinski definition) is 2. The Hall–Kier alpha value is -2.48. The van der Waals surface area contributed by atoms with E-state index in [-0.39, 0.29) is 24.7 Å². The maximum atomic E-state index is 13.4. The van der Waals surface area contributed by atoms with Crippen LogP contribution in [0.3, 0.4) is 0 Å². The van der Waals surface area contributed by atoms with E-state index < -0.39 is 10.0 Å². The molecule has 142 valence electrons. The topological polar surface area (TPSA) is 86.3 Å². The molecule has 0 unspecified atom stereocenters. The second kappa shape index (κ2) is 8.94. The predicted octanol–water partition coefficient (Wildman–Crippen LogP) is 2.73. The van der Waals surface area contributed by atoms with Gasteiger partial charge in [0.05, 0.1) is 12.0 Å². The number of H-pyrrole nitrogens is 1. The summed E-state index contributed by atoms with van der Waals surface area (Å²) in [4.78, 5) is 6.98. The summed E-state index contributed by atoms with van der Waals surface area (Å²) in [6.07, 6.45) is 2.29. The standard InChI is InChI=1S/C20H23N3O3S/c24-13-7-12-19-20(22-16-21-19)27(25,26)23(14-17-8-3-1-4-9-17)15-18-10-5-2-6-11-18/h1-6,8-11,16,24H,7,12-15H2,(H,21,22). The van der Waals surface area contributed by atoms with Crippen molar-refractivity contribution in [3.8, 4) is 0 Å². The quantitative estimate of drug-likeness (QED) is 0.593. The molecule has 0 spiro atoms. The number of aromatic amines is 1. The van der Waals surface area contributed by atoms with Gasteiger partial charge >= 0.3 is 0 Å². The van der Waals surface area contributed by atoms with Crippen LogP contribution in [-0.2, 0) is 29.5 Å². The first kappa shape index (κ1) is 19.3. The summed E-state index contributed by atoms with van der Waals surface area (Å²) < 4.78 is 28.2. The van der Waals surface area contributed by atoms with E-state index in [9.17, 15) is 8.42 Å². The van der Waals surface area contributed by atoms with Crippen molar-refractivity contribution in [1.29, 1.82) is 0 Å². The molecule has 0 radical (unpaired) electrons.